The van der Waals surface area contributed by atoms with E-state index in [-0.39, 0.29) is 5.41 Å². The first-order chi connectivity index (χ1) is 10.8. The Morgan fingerprint density at radius 1 is 1.09 bits per heavy atom. The van der Waals surface area contributed by atoms with E-state index in [2.05, 4.69) is 39.0 Å². The largest absolute Gasteiger partial charge is 0.198 e. The van der Waals surface area contributed by atoms with Gasteiger partial charge in [0, 0.05) is 5.41 Å². The predicted octanol–water partition coefficient (Wildman–Crippen LogP) is 7.26. The summed E-state index contributed by atoms with van der Waals surface area (Å²) in [6, 6.07) is 12.4. The molecule has 0 unspecified atom stereocenters. The van der Waals surface area contributed by atoms with Crippen LogP contribution in [0.25, 0.3) is 0 Å². The highest BCUT2D eigenvalue weighted by Crippen LogP contribution is 2.15. The van der Waals surface area contributed by atoms with E-state index in [1.807, 2.05) is 39.0 Å². The smallest absolute Gasteiger partial charge is 0.0778 e. The van der Waals surface area contributed by atoms with Crippen LogP contribution in [0.5, 0.6) is 0 Å². The molecule has 0 fully saturated rings. The Labute approximate surface area is 153 Å². The molecular weight excluding hydrogens is 318 g/mol. The van der Waals surface area contributed by atoms with E-state index in [4.69, 9.17) is 17.5 Å². The van der Waals surface area contributed by atoms with E-state index >= 15 is 0 Å². The van der Waals surface area contributed by atoms with Gasteiger partial charge in [-0.1, -0.05) is 82.6 Å². The molecule has 0 saturated carbocycles. The number of hydrogen-bond acceptors (Lipinski definition) is 3. The molecule has 0 atom stereocenters. The molecule has 130 valence electrons. The molecule has 0 N–H and O–H groups in total. The lowest BCUT2D eigenvalue weighted by atomic mass is 10.0. The van der Waals surface area contributed by atoms with Crippen LogP contribution in [-0.2, 0) is 0 Å². The average Bonchev–Trinajstić information content (AvgIpc) is 2.53. The summed E-state index contributed by atoms with van der Waals surface area (Å²) >= 11 is 7.13. The zero-order chi connectivity index (χ0) is 18.1. The van der Waals surface area contributed by atoms with Crippen LogP contribution in [0.2, 0.25) is 0 Å². The summed E-state index contributed by atoms with van der Waals surface area (Å²) in [6.45, 7) is 12.1. The molecule has 0 heterocycles. The molecule has 0 aromatic heterocycles. The van der Waals surface area contributed by atoms with Gasteiger partial charge in [-0.3, -0.25) is 0 Å². The molecule has 1 aromatic rings. The first kappa shape index (κ1) is 24.4. The maximum Gasteiger partial charge on any atom is 0.0778 e. The summed E-state index contributed by atoms with van der Waals surface area (Å²) in [7, 11) is 0. The van der Waals surface area contributed by atoms with E-state index < -0.39 is 0 Å². The molecule has 0 saturated heterocycles. The van der Waals surface area contributed by atoms with Gasteiger partial charge in [-0.05, 0) is 38.5 Å². The van der Waals surface area contributed by atoms with Gasteiger partial charge in [0.2, 0.25) is 0 Å². The number of benzene rings is 1. The molecule has 1 rings (SSSR count). The van der Waals surface area contributed by atoms with E-state index in [1.54, 1.807) is 11.8 Å². The highest BCUT2D eigenvalue weighted by atomic mass is 32.2. The molecule has 0 aliphatic rings. The Morgan fingerprint density at radius 2 is 1.57 bits per heavy atom. The Morgan fingerprint density at radius 3 is 1.96 bits per heavy atom. The average molecular weight is 352 g/mol. The summed E-state index contributed by atoms with van der Waals surface area (Å²) in [5.41, 5.74) is 1.03. The first-order valence-electron chi connectivity index (χ1n) is 8.45. The van der Waals surface area contributed by atoms with Crippen molar-refractivity contribution in [3.8, 4) is 6.07 Å². The van der Waals surface area contributed by atoms with Crippen molar-refractivity contribution in [2.24, 2.45) is 5.41 Å². The van der Waals surface area contributed by atoms with Crippen molar-refractivity contribution in [2.75, 3.05) is 5.75 Å². The maximum atomic E-state index is 8.15. The van der Waals surface area contributed by atoms with Gasteiger partial charge in [0.25, 0.3) is 0 Å². The first-order valence-corrected chi connectivity index (χ1v) is 9.85. The fourth-order valence-electron chi connectivity index (χ4n) is 1.17. The van der Waals surface area contributed by atoms with Gasteiger partial charge in [0.1, 0.15) is 0 Å². The lowest BCUT2D eigenvalue weighted by Crippen LogP contribution is -1.97. The number of unbranched alkanes of at least 4 members (excludes halogenated alkanes) is 2. The normalized spacial score (nSPS) is 9.61. The van der Waals surface area contributed by atoms with E-state index in [1.165, 1.54) is 31.2 Å². The SMILES string of the molecule is CC(C)(C)C#N.CCC.CCCCCSC(=S)c1ccccc1. The highest BCUT2D eigenvalue weighted by Gasteiger charge is 2.04. The highest BCUT2D eigenvalue weighted by molar-refractivity contribution is 8.23. The lowest BCUT2D eigenvalue weighted by Gasteiger charge is -2.02. The van der Waals surface area contributed by atoms with Gasteiger partial charge >= 0.3 is 0 Å². The third-order valence-electron chi connectivity index (χ3n) is 2.33. The van der Waals surface area contributed by atoms with E-state index in [0.717, 1.165) is 9.95 Å². The topological polar surface area (TPSA) is 23.8 Å². The second kappa shape index (κ2) is 16.0. The molecule has 1 nitrogen and oxygen atoms in total. The van der Waals surface area contributed by atoms with E-state index in [9.17, 15) is 0 Å². The van der Waals surface area contributed by atoms with Crippen molar-refractivity contribution in [3.63, 3.8) is 0 Å². The monoisotopic (exact) mass is 351 g/mol. The third-order valence-corrected chi connectivity index (χ3v) is 3.91. The van der Waals surface area contributed by atoms with Gasteiger partial charge in [-0.2, -0.15) is 5.26 Å². The molecule has 0 amide bonds. The van der Waals surface area contributed by atoms with Crippen molar-refractivity contribution in [3.05, 3.63) is 35.9 Å². The molecule has 0 aliphatic carbocycles. The minimum atomic E-state index is -0.153. The maximum absolute atomic E-state index is 8.15. The van der Waals surface area contributed by atoms with Gasteiger partial charge in [0.15, 0.2) is 0 Å². The molecule has 0 bridgehead atoms. The minimum absolute atomic E-state index is 0.153. The standard InChI is InChI=1S/C12H16S2.C5H9N.C3H8/c1-2-3-7-10-14-12(13)11-8-5-4-6-9-11;1-5(2,3)4-6;1-3-2/h4-6,8-9H,2-3,7,10H2,1H3;1-3H3;3H2,1-2H3. The summed E-state index contributed by atoms with van der Waals surface area (Å²) < 4.78 is 1.03. The van der Waals surface area contributed by atoms with Crippen LogP contribution in [0, 0.1) is 16.7 Å². The van der Waals surface area contributed by atoms with Crippen molar-refractivity contribution < 1.29 is 0 Å². The van der Waals surface area contributed by atoms with Gasteiger partial charge < -0.3 is 0 Å². The Kier molecular flexibility index (Phi) is 17.0. The van der Waals surface area contributed by atoms with Crippen molar-refractivity contribution in [2.45, 2.75) is 67.2 Å². The van der Waals surface area contributed by atoms with Gasteiger partial charge in [-0.15, -0.1) is 11.8 Å². The van der Waals surface area contributed by atoms with Crippen molar-refractivity contribution in [1.82, 2.24) is 0 Å². The van der Waals surface area contributed by atoms with Crippen LogP contribution in [0.15, 0.2) is 30.3 Å². The number of rotatable bonds is 5. The lowest BCUT2D eigenvalue weighted by molar-refractivity contribution is 0.561. The van der Waals surface area contributed by atoms with Crippen LogP contribution in [0.1, 0.15) is 72.8 Å². The Hall–Kier alpha value is -0.850. The summed E-state index contributed by atoms with van der Waals surface area (Å²) in [6.07, 6.45) is 5.11. The molecule has 0 aliphatic heterocycles. The summed E-state index contributed by atoms with van der Waals surface area (Å²) in [4.78, 5) is 0. The minimum Gasteiger partial charge on any atom is -0.198 e. The second-order valence-corrected chi connectivity index (χ2v) is 8.05. The second-order valence-electron chi connectivity index (χ2n) is 6.28. The van der Waals surface area contributed by atoms with Crippen LogP contribution in [0.4, 0.5) is 0 Å². The Bertz CT molecular complexity index is 427. The number of hydrogen-bond donors (Lipinski definition) is 0. The molecule has 0 spiro atoms. The number of nitrogens with zero attached hydrogens (tertiary/aromatic N) is 1. The van der Waals surface area contributed by atoms with E-state index in [0.29, 0.717) is 0 Å². The summed E-state index contributed by atoms with van der Waals surface area (Å²) in [5.74, 6) is 1.15. The number of nitriles is 1. The molecule has 0 radical (unpaired) electrons. The predicted molar refractivity (Wildman–Crippen MR) is 111 cm³/mol. The summed E-state index contributed by atoms with van der Waals surface area (Å²) in [5, 5.41) is 8.15. The van der Waals surface area contributed by atoms with Crippen LogP contribution >= 0.6 is 24.0 Å². The van der Waals surface area contributed by atoms with Gasteiger partial charge in [0.05, 0.1) is 10.3 Å². The number of thioether (sulfide) groups is 1. The van der Waals surface area contributed by atoms with Crippen LogP contribution < -0.4 is 0 Å². The quantitative estimate of drug-likeness (QED) is 0.412. The van der Waals surface area contributed by atoms with Crippen LogP contribution in [0.3, 0.4) is 0 Å². The third kappa shape index (κ3) is 19.1. The molecular formula is C20H33NS2. The number of thiocarbonyl (C=S) groups is 1. The van der Waals surface area contributed by atoms with Crippen LogP contribution in [-0.4, -0.2) is 9.95 Å². The zero-order valence-corrected chi connectivity index (χ0v) is 17.3. The Balaban J connectivity index is 0. The molecule has 23 heavy (non-hydrogen) atoms. The van der Waals surface area contributed by atoms with Gasteiger partial charge in [-0.25, -0.2) is 0 Å². The van der Waals surface area contributed by atoms with Crippen molar-refractivity contribution in [1.29, 1.82) is 5.26 Å². The fourth-order valence-corrected chi connectivity index (χ4v) is 2.40. The van der Waals surface area contributed by atoms with Crippen molar-refractivity contribution >= 4 is 28.2 Å². The molecule has 3 heteroatoms. The fraction of sp³-hybridized carbons (Fsp3) is 0.600. The zero-order valence-electron chi connectivity index (χ0n) is 15.7. The molecule has 1 aromatic carbocycles.